The van der Waals surface area contributed by atoms with Gasteiger partial charge in [-0.2, -0.15) is 0 Å². The highest BCUT2D eigenvalue weighted by molar-refractivity contribution is 6.30. The van der Waals surface area contributed by atoms with Crippen molar-refractivity contribution in [3.63, 3.8) is 0 Å². The van der Waals surface area contributed by atoms with Crippen LogP contribution in [0.5, 0.6) is 0 Å². The van der Waals surface area contributed by atoms with Gasteiger partial charge in [-0.15, -0.1) is 0 Å². The number of halogens is 1. The third-order valence-corrected chi connectivity index (χ3v) is 7.61. The third-order valence-electron chi connectivity index (χ3n) is 7.37. The minimum absolute atomic E-state index is 0.255. The van der Waals surface area contributed by atoms with Gasteiger partial charge in [-0.1, -0.05) is 55.0 Å². The van der Waals surface area contributed by atoms with E-state index in [0.29, 0.717) is 12.8 Å². The van der Waals surface area contributed by atoms with E-state index in [0.717, 1.165) is 88.0 Å². The molecule has 1 fully saturated rings. The lowest BCUT2D eigenvalue weighted by Gasteiger charge is -2.30. The molecule has 0 spiro atoms. The Morgan fingerprint density at radius 3 is 2.36 bits per heavy atom. The Balaban J connectivity index is 1.31. The SMILES string of the molecule is O=C(CCCCCCCCC(=O)N1CCC(=C2c3ccc(Cl)cc3CCc3cccnc32)CC1)NO. The van der Waals surface area contributed by atoms with Crippen molar-refractivity contribution in [1.29, 1.82) is 0 Å². The molecule has 4 rings (SSSR count). The van der Waals surface area contributed by atoms with Gasteiger partial charge in [0.05, 0.1) is 5.69 Å². The van der Waals surface area contributed by atoms with Crippen LogP contribution < -0.4 is 5.48 Å². The second-order valence-electron chi connectivity index (χ2n) is 9.83. The molecule has 0 bridgehead atoms. The first kappa shape index (κ1) is 26.4. The quantitative estimate of drug-likeness (QED) is 0.251. The Morgan fingerprint density at radius 1 is 0.917 bits per heavy atom. The molecule has 0 unspecified atom stereocenters. The summed E-state index contributed by atoms with van der Waals surface area (Å²) in [5.41, 5.74) is 9.18. The average Bonchev–Trinajstić information content (AvgIpc) is 3.06. The Labute approximate surface area is 218 Å². The summed E-state index contributed by atoms with van der Waals surface area (Å²) < 4.78 is 0. The van der Waals surface area contributed by atoms with Crippen LogP contribution in [-0.2, 0) is 22.4 Å². The number of unbranched alkanes of at least 4 members (excludes halogenated alkanes) is 5. The van der Waals surface area contributed by atoms with Crippen molar-refractivity contribution in [2.75, 3.05) is 13.1 Å². The van der Waals surface area contributed by atoms with Crippen LogP contribution in [0.1, 0.15) is 86.6 Å². The Kier molecular flexibility index (Phi) is 9.54. The number of hydrogen-bond acceptors (Lipinski definition) is 4. The van der Waals surface area contributed by atoms with Gasteiger partial charge in [0.15, 0.2) is 0 Å². The Morgan fingerprint density at radius 2 is 1.61 bits per heavy atom. The zero-order chi connectivity index (χ0) is 25.3. The predicted octanol–water partition coefficient (Wildman–Crippen LogP) is 5.88. The normalized spacial score (nSPS) is 15.2. The van der Waals surface area contributed by atoms with E-state index in [1.54, 1.807) is 5.48 Å². The van der Waals surface area contributed by atoms with Crippen molar-refractivity contribution in [2.45, 2.75) is 77.0 Å². The van der Waals surface area contributed by atoms with E-state index in [4.69, 9.17) is 21.8 Å². The molecule has 0 atom stereocenters. The van der Waals surface area contributed by atoms with E-state index in [1.165, 1.54) is 27.8 Å². The molecule has 1 aromatic carbocycles. The number of likely N-dealkylation sites (tertiary alicyclic amines) is 1. The highest BCUT2D eigenvalue weighted by Crippen LogP contribution is 2.38. The minimum atomic E-state index is -0.325. The number of hydroxylamine groups is 1. The zero-order valence-electron chi connectivity index (χ0n) is 20.9. The largest absolute Gasteiger partial charge is 0.342 e. The number of carbonyl (C=O) groups excluding carboxylic acids is 2. The molecule has 2 heterocycles. The van der Waals surface area contributed by atoms with E-state index in [9.17, 15) is 9.59 Å². The maximum absolute atomic E-state index is 12.8. The van der Waals surface area contributed by atoms with Crippen molar-refractivity contribution in [2.24, 2.45) is 0 Å². The van der Waals surface area contributed by atoms with Gasteiger partial charge in [-0.3, -0.25) is 19.8 Å². The fourth-order valence-electron chi connectivity index (χ4n) is 5.39. The molecule has 2 aliphatic rings. The Hall–Kier alpha value is -2.70. The molecule has 1 aromatic heterocycles. The van der Waals surface area contributed by atoms with Crippen molar-refractivity contribution >= 4 is 29.0 Å². The van der Waals surface area contributed by atoms with Gasteiger partial charge in [-0.05, 0) is 73.4 Å². The molecule has 1 aliphatic carbocycles. The van der Waals surface area contributed by atoms with Gasteiger partial charge in [0, 0.05) is 42.7 Å². The second kappa shape index (κ2) is 13.0. The number of rotatable bonds is 9. The van der Waals surface area contributed by atoms with Crippen LogP contribution in [-0.4, -0.2) is 40.0 Å². The summed E-state index contributed by atoms with van der Waals surface area (Å²) in [4.78, 5) is 30.7. The summed E-state index contributed by atoms with van der Waals surface area (Å²) in [5, 5.41) is 9.27. The molecule has 1 saturated heterocycles. The molecule has 6 nitrogen and oxygen atoms in total. The summed E-state index contributed by atoms with van der Waals surface area (Å²) in [6, 6.07) is 10.4. The first-order valence-corrected chi connectivity index (χ1v) is 13.6. The van der Waals surface area contributed by atoms with E-state index >= 15 is 0 Å². The van der Waals surface area contributed by atoms with Crippen LogP contribution in [0.2, 0.25) is 5.02 Å². The summed E-state index contributed by atoms with van der Waals surface area (Å²) in [6.07, 6.45) is 12.3. The monoisotopic (exact) mass is 509 g/mol. The molecule has 36 heavy (non-hydrogen) atoms. The van der Waals surface area contributed by atoms with Crippen LogP contribution in [0, 0.1) is 0 Å². The summed E-state index contributed by atoms with van der Waals surface area (Å²) in [5.74, 6) is -0.0701. The molecule has 192 valence electrons. The van der Waals surface area contributed by atoms with Crippen molar-refractivity contribution in [1.82, 2.24) is 15.4 Å². The minimum Gasteiger partial charge on any atom is -0.342 e. The van der Waals surface area contributed by atoms with Crippen LogP contribution >= 0.6 is 11.6 Å². The number of piperidine rings is 1. The predicted molar refractivity (Wildman–Crippen MR) is 142 cm³/mol. The molecular formula is C29H36ClN3O3. The summed E-state index contributed by atoms with van der Waals surface area (Å²) in [6.45, 7) is 1.52. The molecular weight excluding hydrogens is 474 g/mol. The van der Waals surface area contributed by atoms with Crippen molar-refractivity contribution in [3.05, 3.63) is 69.5 Å². The number of fused-ring (bicyclic) bond motifs is 2. The Bertz CT molecular complexity index is 1100. The first-order chi connectivity index (χ1) is 17.6. The molecule has 2 N–H and O–H groups in total. The fourth-order valence-corrected chi connectivity index (χ4v) is 5.59. The molecule has 7 heteroatoms. The van der Waals surface area contributed by atoms with Crippen LogP contribution in [0.15, 0.2) is 42.1 Å². The number of carbonyl (C=O) groups is 2. The van der Waals surface area contributed by atoms with Gasteiger partial charge in [0.1, 0.15) is 0 Å². The topological polar surface area (TPSA) is 82.5 Å². The number of nitrogens with one attached hydrogen (secondary N) is 1. The van der Waals surface area contributed by atoms with Gasteiger partial charge >= 0.3 is 0 Å². The molecule has 0 radical (unpaired) electrons. The van der Waals surface area contributed by atoms with Crippen LogP contribution in [0.3, 0.4) is 0 Å². The lowest BCUT2D eigenvalue weighted by atomic mass is 9.88. The maximum Gasteiger partial charge on any atom is 0.243 e. The molecule has 0 saturated carbocycles. The number of pyridine rings is 1. The summed E-state index contributed by atoms with van der Waals surface area (Å²) >= 11 is 6.33. The number of aryl methyl sites for hydroxylation is 2. The second-order valence-corrected chi connectivity index (χ2v) is 10.3. The fraction of sp³-hybridized carbons (Fsp3) is 0.483. The first-order valence-electron chi connectivity index (χ1n) is 13.2. The average molecular weight is 510 g/mol. The highest BCUT2D eigenvalue weighted by atomic mass is 35.5. The zero-order valence-corrected chi connectivity index (χ0v) is 21.7. The lowest BCUT2D eigenvalue weighted by Crippen LogP contribution is -2.36. The maximum atomic E-state index is 12.8. The number of aromatic nitrogens is 1. The third kappa shape index (κ3) is 6.74. The van der Waals surface area contributed by atoms with E-state index in [-0.39, 0.29) is 11.8 Å². The highest BCUT2D eigenvalue weighted by Gasteiger charge is 2.26. The van der Waals surface area contributed by atoms with Crippen molar-refractivity contribution < 1.29 is 14.8 Å². The number of nitrogens with zero attached hydrogens (tertiary/aromatic N) is 2. The number of amides is 2. The lowest BCUT2D eigenvalue weighted by molar-refractivity contribution is -0.132. The van der Waals surface area contributed by atoms with E-state index in [2.05, 4.69) is 18.2 Å². The number of benzene rings is 1. The molecule has 1 aliphatic heterocycles. The van der Waals surface area contributed by atoms with Crippen LogP contribution in [0.25, 0.3) is 5.57 Å². The standard InChI is InChI=1S/C29H36ClN3O3/c30-24-13-14-25-23(20-24)12-11-22-8-7-17-31-29(22)28(25)21-15-18-33(19-16-21)27(35)10-6-4-2-1-3-5-9-26(34)32-36/h7-8,13-14,17,20,36H,1-6,9-12,15-16,18-19H2,(H,32,34). The van der Waals surface area contributed by atoms with Crippen LogP contribution in [0.4, 0.5) is 0 Å². The summed E-state index contributed by atoms with van der Waals surface area (Å²) in [7, 11) is 0. The molecule has 2 aromatic rings. The van der Waals surface area contributed by atoms with Gasteiger partial charge in [-0.25, -0.2) is 5.48 Å². The smallest absolute Gasteiger partial charge is 0.243 e. The van der Waals surface area contributed by atoms with Gasteiger partial charge < -0.3 is 4.90 Å². The molecule has 2 amide bonds. The van der Waals surface area contributed by atoms with E-state index < -0.39 is 0 Å². The van der Waals surface area contributed by atoms with Crippen molar-refractivity contribution in [3.8, 4) is 0 Å². The van der Waals surface area contributed by atoms with Gasteiger partial charge in [0.25, 0.3) is 0 Å². The van der Waals surface area contributed by atoms with E-state index in [1.807, 2.05) is 23.2 Å². The number of hydrogen-bond donors (Lipinski definition) is 2. The van der Waals surface area contributed by atoms with Gasteiger partial charge in [0.2, 0.25) is 11.8 Å².